The van der Waals surface area contributed by atoms with E-state index < -0.39 is 10.0 Å². The van der Waals surface area contributed by atoms with Crippen LogP contribution in [-0.2, 0) is 10.0 Å². The van der Waals surface area contributed by atoms with Crippen LogP contribution in [0.15, 0.2) is 44.4 Å². The van der Waals surface area contributed by atoms with Gasteiger partial charge in [0.15, 0.2) is 5.13 Å². The van der Waals surface area contributed by atoms with Crippen molar-refractivity contribution in [3.63, 3.8) is 0 Å². The highest BCUT2D eigenvalue weighted by Gasteiger charge is 2.30. The number of halogens is 1. The van der Waals surface area contributed by atoms with Gasteiger partial charge in [0.25, 0.3) is 10.0 Å². The molecule has 1 fully saturated rings. The lowest BCUT2D eigenvalue weighted by Crippen LogP contribution is -2.48. The Labute approximate surface area is 156 Å². The Kier molecular flexibility index (Phi) is 4.38. The number of nitrogens with zero attached hydrogens (tertiary/aromatic N) is 3. The summed E-state index contributed by atoms with van der Waals surface area (Å²) < 4.78 is 29.3. The second-order valence-electron chi connectivity index (χ2n) is 5.41. The highest BCUT2D eigenvalue weighted by atomic mass is 79.9. The number of thiophene rings is 1. The third kappa shape index (κ3) is 2.99. The van der Waals surface area contributed by atoms with Gasteiger partial charge in [-0.15, -0.1) is 11.3 Å². The van der Waals surface area contributed by atoms with Crippen LogP contribution in [0.25, 0.3) is 10.2 Å². The van der Waals surface area contributed by atoms with E-state index in [9.17, 15) is 8.42 Å². The zero-order valence-corrected chi connectivity index (χ0v) is 16.6. The van der Waals surface area contributed by atoms with Crippen LogP contribution in [0.4, 0.5) is 5.13 Å². The standard InChI is InChI=1S/C15H14BrN3O2S3/c16-13-5-6-14(23-13)24(20,21)19-9-7-18(8-10-19)15-17-11-3-1-2-4-12(11)22-15/h1-6H,7-10H2. The van der Waals surface area contributed by atoms with Crippen LogP contribution in [0.3, 0.4) is 0 Å². The first-order chi connectivity index (χ1) is 11.5. The molecule has 2 aromatic heterocycles. The van der Waals surface area contributed by atoms with Crippen molar-refractivity contribution < 1.29 is 8.42 Å². The molecule has 0 atom stereocenters. The first kappa shape index (κ1) is 16.5. The van der Waals surface area contributed by atoms with Crippen LogP contribution in [0.1, 0.15) is 0 Å². The molecule has 1 aliphatic heterocycles. The van der Waals surface area contributed by atoms with E-state index in [1.165, 1.54) is 11.3 Å². The van der Waals surface area contributed by atoms with E-state index >= 15 is 0 Å². The molecule has 0 aliphatic carbocycles. The second-order valence-corrected chi connectivity index (χ2v) is 11.1. The van der Waals surface area contributed by atoms with Gasteiger partial charge in [-0.25, -0.2) is 13.4 Å². The highest BCUT2D eigenvalue weighted by molar-refractivity contribution is 9.11. The molecule has 0 spiro atoms. The number of sulfonamides is 1. The van der Waals surface area contributed by atoms with E-state index in [-0.39, 0.29) is 0 Å². The fourth-order valence-corrected chi connectivity index (χ4v) is 7.28. The predicted octanol–water partition coefficient (Wildman–Crippen LogP) is 3.63. The highest BCUT2D eigenvalue weighted by Crippen LogP contribution is 2.31. The van der Waals surface area contributed by atoms with Gasteiger partial charge >= 0.3 is 0 Å². The fraction of sp³-hybridized carbons (Fsp3) is 0.267. The van der Waals surface area contributed by atoms with Crippen LogP contribution in [0.5, 0.6) is 0 Å². The van der Waals surface area contributed by atoms with E-state index in [2.05, 4.69) is 31.9 Å². The summed E-state index contributed by atoms with van der Waals surface area (Å²) in [6.07, 6.45) is 0. The maximum atomic E-state index is 12.7. The molecule has 3 heterocycles. The molecule has 0 saturated carbocycles. The van der Waals surface area contributed by atoms with Crippen molar-refractivity contribution in [3.8, 4) is 0 Å². The summed E-state index contributed by atoms with van der Waals surface area (Å²) >= 11 is 6.23. The number of thiazole rings is 1. The topological polar surface area (TPSA) is 53.5 Å². The smallest absolute Gasteiger partial charge is 0.252 e. The van der Waals surface area contributed by atoms with Gasteiger partial charge in [0.05, 0.1) is 14.0 Å². The molecule has 1 saturated heterocycles. The molecule has 1 aliphatic rings. The average molecular weight is 444 g/mol. The van der Waals surface area contributed by atoms with Crippen molar-refractivity contribution in [3.05, 3.63) is 40.2 Å². The van der Waals surface area contributed by atoms with E-state index in [1.54, 1.807) is 27.8 Å². The molecule has 24 heavy (non-hydrogen) atoms. The van der Waals surface area contributed by atoms with Gasteiger partial charge in [0.2, 0.25) is 0 Å². The minimum Gasteiger partial charge on any atom is -0.345 e. The minimum atomic E-state index is -3.39. The van der Waals surface area contributed by atoms with Crippen molar-refractivity contribution in [1.82, 2.24) is 9.29 Å². The zero-order chi connectivity index (χ0) is 16.7. The largest absolute Gasteiger partial charge is 0.345 e. The van der Waals surface area contributed by atoms with E-state index in [0.29, 0.717) is 30.4 Å². The Bertz CT molecular complexity index is 942. The van der Waals surface area contributed by atoms with Crippen molar-refractivity contribution in [1.29, 1.82) is 0 Å². The monoisotopic (exact) mass is 443 g/mol. The molecule has 5 nitrogen and oxygen atoms in total. The quantitative estimate of drug-likeness (QED) is 0.619. The van der Waals surface area contributed by atoms with Crippen LogP contribution in [0, 0.1) is 0 Å². The van der Waals surface area contributed by atoms with Crippen LogP contribution >= 0.6 is 38.6 Å². The predicted molar refractivity (Wildman–Crippen MR) is 103 cm³/mol. The summed E-state index contributed by atoms with van der Waals surface area (Å²) in [5, 5.41) is 0.965. The Balaban J connectivity index is 1.50. The van der Waals surface area contributed by atoms with Crippen molar-refractivity contribution in [2.45, 2.75) is 4.21 Å². The minimum absolute atomic E-state index is 0.391. The molecule has 0 amide bonds. The Hall–Kier alpha value is -1.00. The maximum absolute atomic E-state index is 12.7. The number of hydrogen-bond donors (Lipinski definition) is 0. The SMILES string of the molecule is O=S(=O)(c1ccc(Br)s1)N1CCN(c2nc3ccccc3s2)CC1. The van der Waals surface area contributed by atoms with E-state index in [1.807, 2.05) is 18.2 Å². The van der Waals surface area contributed by atoms with Crippen molar-refractivity contribution in [2.75, 3.05) is 31.1 Å². The molecule has 1 aromatic carbocycles. The lowest BCUT2D eigenvalue weighted by atomic mass is 10.3. The lowest BCUT2D eigenvalue weighted by molar-refractivity contribution is 0.386. The van der Waals surface area contributed by atoms with Gasteiger partial charge in [-0.2, -0.15) is 4.31 Å². The van der Waals surface area contributed by atoms with Gasteiger partial charge in [-0.3, -0.25) is 0 Å². The van der Waals surface area contributed by atoms with Crippen molar-refractivity contribution >= 4 is 64.0 Å². The summed E-state index contributed by atoms with van der Waals surface area (Å²) in [6, 6.07) is 11.5. The van der Waals surface area contributed by atoms with E-state index in [4.69, 9.17) is 0 Å². The van der Waals surface area contributed by atoms with Crippen LogP contribution < -0.4 is 4.90 Å². The number of fused-ring (bicyclic) bond motifs is 1. The number of anilines is 1. The number of aromatic nitrogens is 1. The van der Waals surface area contributed by atoms with Gasteiger partial charge in [-0.05, 0) is 40.2 Å². The first-order valence-electron chi connectivity index (χ1n) is 7.40. The third-order valence-electron chi connectivity index (χ3n) is 3.93. The van der Waals surface area contributed by atoms with Gasteiger partial charge in [-0.1, -0.05) is 23.5 Å². The molecular weight excluding hydrogens is 430 g/mol. The van der Waals surface area contributed by atoms with Crippen LogP contribution in [0.2, 0.25) is 0 Å². The Morgan fingerprint density at radius 3 is 2.42 bits per heavy atom. The molecule has 3 aromatic rings. The van der Waals surface area contributed by atoms with Gasteiger partial charge in [0, 0.05) is 26.2 Å². The molecule has 0 N–H and O–H groups in total. The molecule has 126 valence electrons. The van der Waals surface area contributed by atoms with Gasteiger partial charge < -0.3 is 4.90 Å². The average Bonchev–Trinajstić information content (AvgIpc) is 3.21. The second kappa shape index (κ2) is 6.38. The number of hydrogen-bond acceptors (Lipinski definition) is 6. The molecule has 0 unspecified atom stereocenters. The van der Waals surface area contributed by atoms with E-state index in [0.717, 1.165) is 19.1 Å². The fourth-order valence-electron chi connectivity index (χ4n) is 2.68. The molecule has 4 rings (SSSR count). The lowest BCUT2D eigenvalue weighted by Gasteiger charge is -2.33. The summed E-state index contributed by atoms with van der Waals surface area (Å²) in [5.41, 5.74) is 0.996. The number of para-hydroxylation sites is 1. The Morgan fingerprint density at radius 1 is 1.00 bits per heavy atom. The summed E-state index contributed by atoms with van der Waals surface area (Å²) in [7, 11) is -3.39. The summed E-state index contributed by atoms with van der Waals surface area (Å²) in [5.74, 6) is 0. The number of benzene rings is 1. The van der Waals surface area contributed by atoms with Crippen molar-refractivity contribution in [2.24, 2.45) is 0 Å². The molecule has 0 radical (unpaired) electrons. The molecule has 0 bridgehead atoms. The summed E-state index contributed by atoms with van der Waals surface area (Å²) in [4.78, 5) is 6.83. The van der Waals surface area contributed by atoms with Crippen LogP contribution in [-0.4, -0.2) is 43.9 Å². The molecular formula is C15H14BrN3O2S3. The first-order valence-corrected chi connectivity index (χ1v) is 11.3. The van der Waals surface area contributed by atoms with Gasteiger partial charge in [0.1, 0.15) is 4.21 Å². The molecule has 9 heteroatoms. The maximum Gasteiger partial charge on any atom is 0.252 e. The third-order valence-corrected chi connectivity index (χ3v) is 9.02. The summed E-state index contributed by atoms with van der Waals surface area (Å²) in [6.45, 7) is 2.28. The number of piperazine rings is 1. The normalized spacial score (nSPS) is 16.8. The zero-order valence-electron chi connectivity index (χ0n) is 12.6. The Morgan fingerprint density at radius 2 is 1.75 bits per heavy atom. The number of rotatable bonds is 3.